The fourth-order valence-electron chi connectivity index (χ4n) is 12.5. The van der Waals surface area contributed by atoms with Crippen LogP contribution in [-0.2, 0) is 80.7 Å². The average Bonchev–Trinajstić information content (AvgIpc) is 1.55. The van der Waals surface area contributed by atoms with Gasteiger partial charge in [-0.15, -0.1) is 37.0 Å². The van der Waals surface area contributed by atoms with Crippen LogP contribution in [0.25, 0.3) is 22.3 Å². The topological polar surface area (TPSA) is 642 Å². The van der Waals surface area contributed by atoms with E-state index >= 15 is 0 Å². The molecule has 16 N–H and O–H groups in total. The van der Waals surface area contributed by atoms with Crippen molar-refractivity contribution in [3.05, 3.63) is 291 Å². The number of hydrogen-bond donors (Lipinski definition) is 10. The molecule has 0 radical (unpaired) electrons. The maximum absolute atomic E-state index is 12.6. The zero-order chi connectivity index (χ0) is 93.4. The summed E-state index contributed by atoms with van der Waals surface area (Å²) in [6.07, 6.45) is 9.45. The summed E-state index contributed by atoms with van der Waals surface area (Å²) in [6.45, 7) is 4.79. The highest BCUT2D eigenvalue weighted by atomic mass is 35.5. The third-order valence-corrected chi connectivity index (χ3v) is 22.1. The number of alkyl halides is 1. The smallest absolute Gasteiger partial charge is 0.437 e. The third-order valence-electron chi connectivity index (χ3n) is 19.2. The first kappa shape index (κ1) is 97.3. The van der Waals surface area contributed by atoms with E-state index in [0.717, 1.165) is 60.1 Å². The quantitative estimate of drug-likeness (QED) is 0.0206. The minimum Gasteiger partial charge on any atom is -0.744 e. The summed E-state index contributed by atoms with van der Waals surface area (Å²) < 4.78 is 79.4. The highest BCUT2D eigenvalue weighted by molar-refractivity contribution is 7.86. The van der Waals surface area contributed by atoms with Crippen molar-refractivity contribution in [1.82, 2.24) is 93.7 Å². The second kappa shape index (κ2) is 44.4. The number of nitrogen functional groups attached to an aromatic ring is 2. The van der Waals surface area contributed by atoms with Crippen LogP contribution < -0.4 is 67.6 Å². The number of hydrogen-bond acceptors (Lipinski definition) is 30. The number of halogens is 3. The van der Waals surface area contributed by atoms with E-state index < -0.39 is 49.5 Å². The Labute approximate surface area is 742 Å². The lowest BCUT2D eigenvalue weighted by Crippen LogP contribution is -3.18. The average molecular weight is 1860 g/mol. The Bertz CT molecular complexity index is 6710. The first-order chi connectivity index (χ1) is 60.8. The van der Waals surface area contributed by atoms with Gasteiger partial charge in [-0.05, 0) is 122 Å². The number of imidazole rings is 2. The number of rotatable bonds is 17. The first-order valence-corrected chi connectivity index (χ1v) is 42.1. The van der Waals surface area contributed by atoms with Crippen molar-refractivity contribution in [2.45, 2.75) is 98.8 Å². The summed E-state index contributed by atoms with van der Waals surface area (Å²) >= 11 is 17.4. The van der Waals surface area contributed by atoms with E-state index in [2.05, 4.69) is 71.2 Å². The van der Waals surface area contributed by atoms with Gasteiger partial charge in [0.2, 0.25) is 18.2 Å². The number of nitrogens with zero attached hydrogens (tertiary/aromatic N) is 18. The summed E-state index contributed by atoms with van der Waals surface area (Å²) in [5.41, 5.74) is 41.5. The van der Waals surface area contributed by atoms with Crippen molar-refractivity contribution in [3.8, 4) is 0 Å². The lowest BCUT2D eigenvalue weighted by atomic mass is 9.76. The molecule has 0 bridgehead atoms. The Morgan fingerprint density at radius 1 is 0.641 bits per heavy atom. The van der Waals surface area contributed by atoms with Gasteiger partial charge in [-0.1, -0.05) is 159 Å². The second-order valence-electron chi connectivity index (χ2n) is 28.1. The fourth-order valence-corrected chi connectivity index (χ4v) is 14.0. The van der Waals surface area contributed by atoms with E-state index in [1.807, 2.05) is 123 Å². The van der Waals surface area contributed by atoms with Crippen molar-refractivity contribution in [2.24, 2.45) is 44.1 Å². The number of aromatic nitrogens is 18. The number of amidine groups is 1. The Kier molecular flexibility index (Phi) is 33.7. The molecule has 1 atom stereocenters. The largest absolute Gasteiger partial charge is 0.744 e. The van der Waals surface area contributed by atoms with Gasteiger partial charge in [0.25, 0.3) is 33.1 Å². The molecule has 2 fully saturated rings. The number of hydrazone groups is 1. The molecule has 14 aromatic rings. The second-order valence-corrected chi connectivity index (χ2v) is 32.4. The van der Waals surface area contributed by atoms with Crippen LogP contribution in [0.15, 0.2) is 221 Å². The predicted molar refractivity (Wildman–Crippen MR) is 467 cm³/mol. The molecule has 6 aromatic carbocycles. The summed E-state index contributed by atoms with van der Waals surface area (Å²) in [6, 6.07) is 47.3. The zero-order valence-corrected chi connectivity index (χ0v) is 73.3. The van der Waals surface area contributed by atoms with Crippen molar-refractivity contribution in [3.63, 3.8) is 0 Å². The highest BCUT2D eigenvalue weighted by Gasteiger charge is 2.43. The third kappa shape index (κ3) is 25.8. The number of amides is 4. The van der Waals surface area contributed by atoms with Crippen molar-refractivity contribution < 1.29 is 63.3 Å². The van der Waals surface area contributed by atoms with Gasteiger partial charge in [0, 0.05) is 36.8 Å². The molecule has 0 saturated heterocycles. The van der Waals surface area contributed by atoms with Crippen LogP contribution in [-0.4, -0.2) is 164 Å². The minimum absolute atomic E-state index is 0.0101. The Morgan fingerprint density at radius 3 is 1.55 bits per heavy atom. The summed E-state index contributed by atoms with van der Waals surface area (Å²) in [7, 11) is 0.0655. The summed E-state index contributed by atoms with van der Waals surface area (Å²) in [5, 5.41) is 32.7. The van der Waals surface area contributed by atoms with E-state index in [1.54, 1.807) is 67.9 Å². The number of anilines is 2. The molecule has 3 aliphatic rings. The number of fused-ring (bicyclic) bond motifs is 2. The number of carbonyl (C=O) groups excluding carboxylic acids is 4. The molecule has 1 unspecified atom stereocenters. The molecule has 672 valence electrons. The van der Waals surface area contributed by atoms with Crippen LogP contribution in [0.3, 0.4) is 0 Å². The number of benzene rings is 6. The van der Waals surface area contributed by atoms with Gasteiger partial charge in [-0.3, -0.25) is 37.5 Å². The Balaban J connectivity index is 0.000000169. The number of aromatic amines is 1. The number of H-pyrrole nitrogens is 1. The number of carbonyl (C=O) groups is 4. The monoisotopic (exact) mass is 1850 g/mol. The van der Waals surface area contributed by atoms with E-state index in [-0.39, 0.29) is 98.2 Å². The molecule has 49 heteroatoms. The Hall–Kier alpha value is -14.6. The molecule has 8 aromatic heterocycles. The lowest BCUT2D eigenvalue weighted by molar-refractivity contribution is -0.966. The maximum atomic E-state index is 12.6. The maximum Gasteiger partial charge on any atom is 0.437 e. The van der Waals surface area contributed by atoms with E-state index in [1.165, 1.54) is 82.4 Å². The van der Waals surface area contributed by atoms with E-state index in [9.17, 15) is 55.0 Å². The molecular formula is C79H88Cl3N28O16S2+. The standard InChI is InChI=1S/C19H17ClN6O3.C13H12Cl2N2O2.C11H13N5O.C10H11N5O.C8H10O3S.C7H8O3S.C6H6N4O.C4H7N5O.CH3NO/c1-24-9-21-17-16(24)18(27)25(10-22-17)8-15-23-26(19(28)29-15)14-6-12(7-14)11-2-4-13(20)5-3-11;14-7-12-16-17(13(18)19-12)11-5-9(6-11)8-1-3-10(15)4-2-8;1-15-9(11(13)17)10(12)16(14-15)7-8-5-3-2-4-6-8;11-9-8(10(12)16)13-14-15(9)6-7-4-2-1-3-5-7;1-7-3-5-8(6-4-7)12(9,10)11-2;1-6-2-4-7(5-3-6)11(8,9)10;1-10-3-9-5-4(10)6(11)8-2-7-5;1-9-2(4(6)10)3(5)7-8-9;2-1-3/h2-5,9-10,12,14H,6-8H2,1H3;1-4,9,11H,5-7H2;2-6H,7H2,1H3,(H3-,12,13,14,17);1-5H,6,11H2,(H2,12,16);3-6H,1-2H3;2-5H,1H3,(H,8,9,10);2-3H,1H3,(H,7,8,11);5H2,1H3,(H2,6,10);1H,(H2,2,3)/p+1. The van der Waals surface area contributed by atoms with Crippen LogP contribution in [0.5, 0.6) is 0 Å². The van der Waals surface area contributed by atoms with E-state index in [0.29, 0.717) is 57.3 Å². The first-order valence-electron chi connectivity index (χ1n) is 38.0. The normalized spacial score (nSPS) is 15.2. The number of nitrogens with one attached hydrogen (secondary N) is 4. The minimum atomic E-state index is -4.27. The molecule has 0 spiro atoms. The number of nitrogens with two attached hydrogens (primary N) is 6. The van der Waals surface area contributed by atoms with Crippen molar-refractivity contribution >= 4 is 125 Å². The van der Waals surface area contributed by atoms with Gasteiger partial charge in [0.05, 0.1) is 54.5 Å². The molecule has 2 saturated carbocycles. The summed E-state index contributed by atoms with van der Waals surface area (Å²) in [5.74, 6) is -0.997. The van der Waals surface area contributed by atoms with Crippen molar-refractivity contribution in [1.29, 1.82) is 5.41 Å². The fraction of sp³-hybridized carbons (Fsp3) is 0.241. The molecule has 4 amide bonds. The van der Waals surface area contributed by atoms with Gasteiger partial charge in [-0.2, -0.15) is 17.8 Å². The number of hydrazine groups is 1. The molecule has 2 aliphatic carbocycles. The van der Waals surface area contributed by atoms with E-state index in [4.69, 9.17) is 82.5 Å². The SMILES string of the molecule is COS(=O)(=O)c1ccc(C)cc1.C[N+]1=C(C(N)=O)C(=N)[NH+](Cc2ccccc2)N1.Cc1ccc(S(=O)(=O)[O-])cc1.Cn1cnc2nc[nH]c(=O)c21.Cn1cnc2ncn(Cc3nn(C4CC(c5ccc(Cl)cc5)C4)c(=O)o3)c(=O)c21.Cn1nnc(N)c1C(N)=O.NC(=O)c1nnn(Cc2ccccc2)c1N.NC=O.O=c1oc(CCl)nn1C1CC(c2ccc(Cl)cc2)C1. The number of aryl methyl sites for hydroxylation is 5. The zero-order valence-electron chi connectivity index (χ0n) is 69.4. The van der Waals surface area contributed by atoms with Crippen LogP contribution in [0.1, 0.15) is 116 Å². The van der Waals surface area contributed by atoms with Gasteiger partial charge < -0.3 is 61.9 Å². The molecule has 9 heterocycles. The predicted octanol–water partition coefficient (Wildman–Crippen LogP) is 2.99. The van der Waals surface area contributed by atoms with Crippen LogP contribution in [0.4, 0.5) is 11.6 Å². The van der Waals surface area contributed by atoms with Gasteiger partial charge in [0.1, 0.15) is 35.4 Å². The molecule has 17 rings (SSSR count). The summed E-state index contributed by atoms with van der Waals surface area (Å²) in [4.78, 5) is 107. The van der Waals surface area contributed by atoms with Crippen molar-refractivity contribution in [2.75, 3.05) is 25.6 Å². The Morgan fingerprint density at radius 2 is 1.12 bits per heavy atom. The van der Waals surface area contributed by atoms with Crippen LogP contribution >= 0.6 is 34.8 Å². The van der Waals surface area contributed by atoms with Gasteiger partial charge in [0.15, 0.2) is 52.4 Å². The highest BCUT2D eigenvalue weighted by Crippen LogP contribution is 2.45. The number of quaternary nitrogens is 1. The molecule has 1 aliphatic heterocycles. The van der Waals surface area contributed by atoms with Gasteiger partial charge in [-0.25, -0.2) is 52.7 Å². The van der Waals surface area contributed by atoms with Gasteiger partial charge >= 0.3 is 29.0 Å². The number of primary amides is 4. The lowest BCUT2D eigenvalue weighted by Gasteiger charge is -2.34. The molecule has 128 heavy (non-hydrogen) atoms. The van der Waals surface area contributed by atoms with Crippen LogP contribution in [0.2, 0.25) is 10.0 Å². The van der Waals surface area contributed by atoms with Crippen LogP contribution in [0, 0.1) is 19.3 Å². The molecular weight excluding hydrogens is 1770 g/mol. The molecule has 44 nitrogen and oxygen atoms in total.